The lowest BCUT2D eigenvalue weighted by atomic mass is 9.85. The number of benzene rings is 2. The van der Waals surface area contributed by atoms with Crippen molar-refractivity contribution in [3.63, 3.8) is 0 Å². The fourth-order valence-corrected chi connectivity index (χ4v) is 5.78. The van der Waals surface area contributed by atoms with Gasteiger partial charge in [0.05, 0.1) is 23.7 Å². The van der Waals surface area contributed by atoms with E-state index in [9.17, 15) is 9.59 Å². The molecule has 4 rings (SSSR count). The summed E-state index contributed by atoms with van der Waals surface area (Å²) in [6, 6.07) is 19.4. The highest BCUT2D eigenvalue weighted by atomic mass is 32.1. The van der Waals surface area contributed by atoms with Gasteiger partial charge in [-0.15, -0.1) is 11.3 Å². The summed E-state index contributed by atoms with van der Waals surface area (Å²) in [6.45, 7) is 8.18. The van der Waals surface area contributed by atoms with Crippen LogP contribution in [0.15, 0.2) is 66.0 Å². The maximum Gasteiger partial charge on any atom is 0.246 e. The van der Waals surface area contributed by atoms with Gasteiger partial charge in [-0.3, -0.25) is 9.59 Å². The predicted octanol–water partition coefficient (Wildman–Crippen LogP) is 4.86. The number of hydrogen-bond donors (Lipinski definition) is 2. The van der Waals surface area contributed by atoms with E-state index in [4.69, 9.17) is 10.7 Å². The molecule has 1 aromatic heterocycles. The normalized spacial score (nSPS) is 17.7. The van der Waals surface area contributed by atoms with Crippen molar-refractivity contribution in [2.24, 2.45) is 11.1 Å². The molecule has 2 aromatic carbocycles. The lowest BCUT2D eigenvalue weighted by molar-refractivity contribution is -0.140. The summed E-state index contributed by atoms with van der Waals surface area (Å²) in [5.74, 6) is -0.363. The fourth-order valence-electron chi connectivity index (χ4n) is 4.79. The first-order valence-electron chi connectivity index (χ1n) is 12.6. The molecule has 36 heavy (non-hydrogen) atoms. The molecule has 1 aliphatic rings. The first-order chi connectivity index (χ1) is 17.2. The van der Waals surface area contributed by atoms with Crippen LogP contribution < -0.4 is 11.1 Å². The van der Waals surface area contributed by atoms with Gasteiger partial charge >= 0.3 is 0 Å². The first kappa shape index (κ1) is 26.0. The molecule has 3 aromatic rings. The number of thiazole rings is 1. The Balaban J connectivity index is 1.63. The fraction of sp³-hybridized carbons (Fsp3) is 0.414. The van der Waals surface area contributed by atoms with Crippen LogP contribution in [0.5, 0.6) is 0 Å². The van der Waals surface area contributed by atoms with Crippen LogP contribution in [0.4, 0.5) is 0 Å². The molecule has 2 amide bonds. The van der Waals surface area contributed by atoms with Crippen molar-refractivity contribution < 1.29 is 9.59 Å². The second-order valence-electron chi connectivity index (χ2n) is 10.7. The SMILES string of the molecule is C[C@H](N)C(=O)NC(C(=O)N1CCCC1c1nc(C(c2ccccc2)c2ccccc2)cs1)C(C)(C)C. The van der Waals surface area contributed by atoms with Crippen LogP contribution in [0, 0.1) is 5.41 Å². The van der Waals surface area contributed by atoms with Gasteiger partial charge < -0.3 is 16.0 Å². The van der Waals surface area contributed by atoms with Gasteiger partial charge in [-0.2, -0.15) is 0 Å². The Hall–Kier alpha value is -3.03. The van der Waals surface area contributed by atoms with Gasteiger partial charge in [0.2, 0.25) is 11.8 Å². The Labute approximate surface area is 217 Å². The monoisotopic (exact) mass is 504 g/mol. The number of carbonyl (C=O) groups excluding carboxylic acids is 2. The van der Waals surface area contributed by atoms with E-state index in [0.717, 1.165) is 23.5 Å². The van der Waals surface area contributed by atoms with Gasteiger partial charge in [0, 0.05) is 11.9 Å². The summed E-state index contributed by atoms with van der Waals surface area (Å²) in [5.41, 5.74) is 8.69. The number of likely N-dealkylation sites (tertiary alicyclic amines) is 1. The van der Waals surface area contributed by atoms with Crippen LogP contribution in [0.25, 0.3) is 0 Å². The number of amides is 2. The highest BCUT2D eigenvalue weighted by Crippen LogP contribution is 2.39. The lowest BCUT2D eigenvalue weighted by Gasteiger charge is -2.35. The van der Waals surface area contributed by atoms with Gasteiger partial charge in [0.25, 0.3) is 0 Å². The number of aromatic nitrogens is 1. The second kappa shape index (κ2) is 10.9. The van der Waals surface area contributed by atoms with E-state index in [1.54, 1.807) is 18.3 Å². The average Bonchev–Trinajstić information content (AvgIpc) is 3.53. The molecular weight excluding hydrogens is 468 g/mol. The van der Waals surface area contributed by atoms with Gasteiger partial charge in [0.15, 0.2) is 0 Å². The van der Waals surface area contributed by atoms with Crippen molar-refractivity contribution in [1.29, 1.82) is 0 Å². The molecule has 190 valence electrons. The first-order valence-corrected chi connectivity index (χ1v) is 13.5. The number of nitrogens with two attached hydrogens (primary N) is 1. The zero-order valence-electron chi connectivity index (χ0n) is 21.5. The van der Waals surface area contributed by atoms with Crippen molar-refractivity contribution in [3.8, 4) is 0 Å². The van der Waals surface area contributed by atoms with E-state index >= 15 is 0 Å². The van der Waals surface area contributed by atoms with Crippen molar-refractivity contribution in [1.82, 2.24) is 15.2 Å². The van der Waals surface area contributed by atoms with Crippen LogP contribution in [-0.2, 0) is 9.59 Å². The minimum absolute atomic E-state index is 0.0237. The van der Waals surface area contributed by atoms with Crippen molar-refractivity contribution in [2.75, 3.05) is 6.54 Å². The summed E-state index contributed by atoms with van der Waals surface area (Å²) in [7, 11) is 0. The highest BCUT2D eigenvalue weighted by molar-refractivity contribution is 7.09. The number of nitrogens with zero attached hydrogens (tertiary/aromatic N) is 2. The highest BCUT2D eigenvalue weighted by Gasteiger charge is 2.41. The molecule has 0 saturated carbocycles. The Bertz CT molecular complexity index is 1130. The van der Waals surface area contributed by atoms with Gasteiger partial charge in [-0.05, 0) is 36.3 Å². The van der Waals surface area contributed by atoms with E-state index in [-0.39, 0.29) is 23.8 Å². The molecule has 2 unspecified atom stereocenters. The number of nitrogens with one attached hydrogen (secondary N) is 1. The van der Waals surface area contributed by atoms with E-state index in [1.165, 1.54) is 11.1 Å². The topological polar surface area (TPSA) is 88.3 Å². The number of hydrogen-bond acceptors (Lipinski definition) is 5. The Morgan fingerprint density at radius 2 is 1.64 bits per heavy atom. The Morgan fingerprint density at radius 1 is 1.06 bits per heavy atom. The molecule has 2 heterocycles. The van der Waals surface area contributed by atoms with E-state index in [0.29, 0.717) is 6.54 Å². The van der Waals surface area contributed by atoms with Crippen molar-refractivity contribution in [3.05, 3.63) is 87.9 Å². The summed E-state index contributed by atoms with van der Waals surface area (Å²) < 4.78 is 0. The van der Waals surface area contributed by atoms with Gasteiger partial charge in [0.1, 0.15) is 11.0 Å². The molecule has 6 nitrogen and oxygen atoms in total. The molecule has 0 radical (unpaired) electrons. The minimum Gasteiger partial charge on any atom is -0.342 e. The molecule has 1 saturated heterocycles. The maximum atomic E-state index is 13.8. The van der Waals surface area contributed by atoms with Gasteiger partial charge in [-0.1, -0.05) is 81.4 Å². The third-order valence-electron chi connectivity index (χ3n) is 6.74. The number of rotatable bonds is 7. The van der Waals surface area contributed by atoms with Crippen LogP contribution >= 0.6 is 11.3 Å². The Kier molecular flexibility index (Phi) is 7.91. The van der Waals surface area contributed by atoms with Crippen LogP contribution in [-0.4, -0.2) is 40.3 Å². The molecule has 1 aliphatic heterocycles. The van der Waals surface area contributed by atoms with E-state index in [2.05, 4.69) is 59.2 Å². The number of carbonyl (C=O) groups is 2. The maximum absolute atomic E-state index is 13.8. The largest absolute Gasteiger partial charge is 0.342 e. The summed E-state index contributed by atoms with van der Waals surface area (Å²) >= 11 is 1.61. The standard InChI is InChI=1S/C29H36N4O2S/c1-19(30)26(34)32-25(29(2,3)4)28(35)33-17-11-16-23(33)27-31-22(18-36-27)24(20-12-7-5-8-13-20)21-14-9-6-10-15-21/h5-10,12-15,18-19,23-25H,11,16-17,30H2,1-4H3,(H,32,34)/t19-,23?,25?/m0/s1. The summed E-state index contributed by atoms with van der Waals surface area (Å²) in [6.07, 6.45) is 1.77. The zero-order chi connectivity index (χ0) is 25.9. The summed E-state index contributed by atoms with van der Waals surface area (Å²) in [4.78, 5) is 33.2. The molecule has 0 bridgehead atoms. The molecule has 0 spiro atoms. The zero-order valence-corrected chi connectivity index (χ0v) is 22.3. The van der Waals surface area contributed by atoms with Crippen molar-refractivity contribution in [2.45, 2.75) is 64.6 Å². The Morgan fingerprint density at radius 3 is 2.17 bits per heavy atom. The minimum atomic E-state index is -0.675. The lowest BCUT2D eigenvalue weighted by Crippen LogP contribution is -2.57. The van der Waals surface area contributed by atoms with Crippen LogP contribution in [0.3, 0.4) is 0 Å². The second-order valence-corrected chi connectivity index (χ2v) is 11.5. The predicted molar refractivity (Wildman–Crippen MR) is 145 cm³/mol. The summed E-state index contributed by atoms with van der Waals surface area (Å²) in [5, 5.41) is 5.97. The molecular formula is C29H36N4O2S. The quantitative estimate of drug-likeness (QED) is 0.481. The third-order valence-corrected chi connectivity index (χ3v) is 7.70. The van der Waals surface area contributed by atoms with Crippen LogP contribution in [0.1, 0.15) is 74.3 Å². The average molecular weight is 505 g/mol. The molecule has 3 N–H and O–H groups in total. The van der Waals surface area contributed by atoms with Gasteiger partial charge in [-0.25, -0.2) is 4.98 Å². The molecule has 3 atom stereocenters. The molecule has 7 heteroatoms. The van der Waals surface area contributed by atoms with Crippen molar-refractivity contribution >= 4 is 23.2 Å². The molecule has 1 fully saturated rings. The third kappa shape index (κ3) is 5.68. The van der Waals surface area contributed by atoms with Crippen LogP contribution in [0.2, 0.25) is 0 Å². The van der Waals surface area contributed by atoms with E-state index in [1.807, 2.05) is 37.8 Å². The van der Waals surface area contributed by atoms with E-state index < -0.39 is 17.5 Å². The smallest absolute Gasteiger partial charge is 0.246 e. The molecule has 0 aliphatic carbocycles.